The van der Waals surface area contributed by atoms with Gasteiger partial charge in [-0.25, -0.2) is 4.98 Å². The van der Waals surface area contributed by atoms with Gasteiger partial charge in [0.1, 0.15) is 5.69 Å². The van der Waals surface area contributed by atoms with Crippen LogP contribution in [0.4, 0.5) is 0 Å². The van der Waals surface area contributed by atoms with Gasteiger partial charge in [-0.15, -0.1) is 0 Å². The van der Waals surface area contributed by atoms with Gasteiger partial charge in [-0.2, -0.15) is 0 Å². The number of rotatable bonds is 2. The number of piperidine rings is 1. The highest BCUT2D eigenvalue weighted by atomic mass is 35.5. The Labute approximate surface area is 109 Å². The Morgan fingerprint density at radius 2 is 2.22 bits per heavy atom. The molecule has 0 saturated carbocycles. The van der Waals surface area contributed by atoms with E-state index in [0.29, 0.717) is 29.0 Å². The number of carbonyl (C=O) groups excluding carboxylic acids is 3. The molecule has 94 valence electrons. The highest BCUT2D eigenvalue weighted by Gasteiger charge is 2.31. The summed E-state index contributed by atoms with van der Waals surface area (Å²) in [4.78, 5) is 37.6. The second-order valence-corrected chi connectivity index (χ2v) is 4.56. The van der Waals surface area contributed by atoms with E-state index in [1.165, 1.54) is 6.07 Å². The fraction of sp³-hybridized carbons (Fsp3) is 0.333. The van der Waals surface area contributed by atoms with Gasteiger partial charge in [-0.1, -0.05) is 11.6 Å². The van der Waals surface area contributed by atoms with E-state index in [4.69, 9.17) is 11.6 Å². The van der Waals surface area contributed by atoms with Crippen molar-refractivity contribution in [2.24, 2.45) is 0 Å². The predicted molar refractivity (Wildman–Crippen MR) is 64.5 cm³/mol. The standard InChI is InChI=1S/C12H11ClN2O3/c1-6-11(9(13)4-7(5-16)14-6)8-2-3-10(17)15-12(8)18/h4-5,8H,2-3H2,1H3,(H,15,17,18). The van der Waals surface area contributed by atoms with Gasteiger partial charge in [0.05, 0.1) is 5.92 Å². The first-order valence-corrected chi connectivity index (χ1v) is 5.86. The molecule has 1 atom stereocenters. The molecule has 1 aromatic heterocycles. The number of pyridine rings is 1. The lowest BCUT2D eigenvalue weighted by Gasteiger charge is -2.23. The fourth-order valence-corrected chi connectivity index (χ4v) is 2.49. The minimum Gasteiger partial charge on any atom is -0.296 e. The summed E-state index contributed by atoms with van der Waals surface area (Å²) >= 11 is 6.08. The van der Waals surface area contributed by atoms with Gasteiger partial charge >= 0.3 is 0 Å². The van der Waals surface area contributed by atoms with Crippen LogP contribution in [-0.4, -0.2) is 23.1 Å². The van der Waals surface area contributed by atoms with Gasteiger partial charge in [0.2, 0.25) is 11.8 Å². The Kier molecular flexibility index (Phi) is 3.43. The van der Waals surface area contributed by atoms with Gasteiger partial charge in [0.25, 0.3) is 0 Å². The van der Waals surface area contributed by atoms with Crippen molar-refractivity contribution in [3.63, 3.8) is 0 Å². The highest BCUT2D eigenvalue weighted by Crippen LogP contribution is 2.32. The van der Waals surface area contributed by atoms with Crippen molar-refractivity contribution in [2.75, 3.05) is 0 Å². The Balaban J connectivity index is 2.42. The quantitative estimate of drug-likeness (QED) is 0.648. The summed E-state index contributed by atoms with van der Waals surface area (Å²) < 4.78 is 0. The summed E-state index contributed by atoms with van der Waals surface area (Å²) in [6.45, 7) is 1.69. The molecule has 0 spiro atoms. The number of aldehydes is 1. The lowest BCUT2D eigenvalue weighted by molar-refractivity contribution is -0.134. The zero-order valence-corrected chi connectivity index (χ0v) is 10.5. The van der Waals surface area contributed by atoms with Crippen LogP contribution < -0.4 is 5.32 Å². The zero-order valence-electron chi connectivity index (χ0n) is 9.70. The number of halogens is 1. The first-order valence-electron chi connectivity index (χ1n) is 5.49. The maximum Gasteiger partial charge on any atom is 0.234 e. The molecule has 0 radical (unpaired) electrons. The van der Waals surface area contributed by atoms with Crippen LogP contribution >= 0.6 is 11.6 Å². The fourth-order valence-electron chi connectivity index (χ4n) is 2.11. The molecule has 0 aliphatic carbocycles. The van der Waals surface area contributed by atoms with Crippen LogP contribution in [-0.2, 0) is 9.59 Å². The van der Waals surface area contributed by atoms with Crippen LogP contribution in [0.15, 0.2) is 6.07 Å². The largest absolute Gasteiger partial charge is 0.296 e. The molecule has 6 heteroatoms. The Bertz CT molecular complexity index is 519. The minimum absolute atomic E-state index is 0.230. The van der Waals surface area contributed by atoms with E-state index in [9.17, 15) is 14.4 Å². The molecule has 1 aromatic rings. The van der Waals surface area contributed by atoms with Gasteiger partial charge in [-0.3, -0.25) is 19.7 Å². The number of nitrogens with one attached hydrogen (secondary N) is 1. The second-order valence-electron chi connectivity index (χ2n) is 4.15. The average Bonchev–Trinajstić information content (AvgIpc) is 2.30. The average molecular weight is 267 g/mol. The third kappa shape index (κ3) is 2.26. The topological polar surface area (TPSA) is 76.1 Å². The lowest BCUT2D eigenvalue weighted by atomic mass is 9.89. The van der Waals surface area contributed by atoms with E-state index in [1.54, 1.807) is 6.92 Å². The number of aromatic nitrogens is 1. The lowest BCUT2D eigenvalue weighted by Crippen LogP contribution is -2.39. The zero-order chi connectivity index (χ0) is 13.3. The first kappa shape index (κ1) is 12.7. The molecular weight excluding hydrogens is 256 g/mol. The maximum atomic E-state index is 11.8. The summed E-state index contributed by atoms with van der Waals surface area (Å²) in [5.41, 5.74) is 1.36. The number of hydrogen-bond acceptors (Lipinski definition) is 4. The van der Waals surface area contributed by atoms with Crippen LogP contribution in [0.2, 0.25) is 5.02 Å². The van der Waals surface area contributed by atoms with Crippen molar-refractivity contribution in [1.29, 1.82) is 0 Å². The van der Waals surface area contributed by atoms with E-state index < -0.39 is 5.92 Å². The molecule has 5 nitrogen and oxygen atoms in total. The molecule has 18 heavy (non-hydrogen) atoms. The van der Waals surface area contributed by atoms with Crippen LogP contribution in [0.1, 0.15) is 40.5 Å². The molecular formula is C12H11ClN2O3. The maximum absolute atomic E-state index is 11.8. The molecule has 1 N–H and O–H groups in total. The molecule has 2 amide bonds. The number of carbonyl (C=O) groups is 3. The van der Waals surface area contributed by atoms with Gasteiger partial charge < -0.3 is 0 Å². The van der Waals surface area contributed by atoms with Crippen LogP contribution in [0, 0.1) is 6.92 Å². The molecule has 1 aliphatic heterocycles. The number of imide groups is 1. The molecule has 1 fully saturated rings. The molecule has 1 saturated heterocycles. The first-order chi connectivity index (χ1) is 8.52. The summed E-state index contributed by atoms with van der Waals surface area (Å²) in [5, 5.41) is 2.61. The van der Waals surface area contributed by atoms with Crippen LogP contribution in [0.3, 0.4) is 0 Å². The third-order valence-corrected chi connectivity index (χ3v) is 3.24. The van der Waals surface area contributed by atoms with E-state index in [-0.39, 0.29) is 23.9 Å². The van der Waals surface area contributed by atoms with Gasteiger partial charge in [-0.05, 0) is 19.4 Å². The van der Waals surface area contributed by atoms with E-state index >= 15 is 0 Å². The molecule has 0 bridgehead atoms. The van der Waals surface area contributed by atoms with Gasteiger partial charge in [0, 0.05) is 22.7 Å². The van der Waals surface area contributed by atoms with Crippen molar-refractivity contribution in [2.45, 2.75) is 25.7 Å². The smallest absolute Gasteiger partial charge is 0.234 e. The van der Waals surface area contributed by atoms with Crippen LogP contribution in [0.25, 0.3) is 0 Å². The second kappa shape index (κ2) is 4.86. The molecule has 1 unspecified atom stereocenters. The number of hydrogen-bond donors (Lipinski definition) is 1. The van der Waals surface area contributed by atoms with E-state index in [2.05, 4.69) is 10.3 Å². The summed E-state index contributed by atoms with van der Waals surface area (Å²) in [7, 11) is 0. The summed E-state index contributed by atoms with van der Waals surface area (Å²) in [5.74, 6) is -1.12. The Morgan fingerprint density at radius 3 is 2.78 bits per heavy atom. The van der Waals surface area contributed by atoms with Crippen molar-refractivity contribution in [3.8, 4) is 0 Å². The molecule has 2 rings (SSSR count). The Morgan fingerprint density at radius 1 is 1.50 bits per heavy atom. The van der Waals surface area contributed by atoms with Crippen LogP contribution in [0.5, 0.6) is 0 Å². The molecule has 0 aromatic carbocycles. The number of nitrogens with zero attached hydrogens (tertiary/aromatic N) is 1. The van der Waals surface area contributed by atoms with E-state index in [0.717, 1.165) is 0 Å². The number of aryl methyl sites for hydroxylation is 1. The number of amides is 2. The van der Waals surface area contributed by atoms with E-state index in [1.807, 2.05) is 0 Å². The third-order valence-electron chi connectivity index (χ3n) is 2.93. The predicted octanol–water partition coefficient (Wildman–Crippen LogP) is 1.38. The van der Waals surface area contributed by atoms with Crippen molar-refractivity contribution in [3.05, 3.63) is 28.0 Å². The molecule has 1 aliphatic rings. The van der Waals surface area contributed by atoms with Crippen molar-refractivity contribution >= 4 is 29.7 Å². The monoisotopic (exact) mass is 266 g/mol. The van der Waals surface area contributed by atoms with Crippen molar-refractivity contribution in [1.82, 2.24) is 10.3 Å². The minimum atomic E-state index is -0.483. The molecule has 2 heterocycles. The SMILES string of the molecule is Cc1nc(C=O)cc(Cl)c1C1CCC(=O)NC1=O. The van der Waals surface area contributed by atoms with Gasteiger partial charge in [0.15, 0.2) is 6.29 Å². The Hall–Kier alpha value is -1.75. The summed E-state index contributed by atoms with van der Waals surface area (Å²) in [6.07, 6.45) is 1.29. The summed E-state index contributed by atoms with van der Waals surface area (Å²) in [6, 6.07) is 1.43. The normalized spacial score (nSPS) is 19.6. The van der Waals surface area contributed by atoms with Crippen molar-refractivity contribution < 1.29 is 14.4 Å². The highest BCUT2D eigenvalue weighted by molar-refractivity contribution is 6.32.